The molecule has 0 spiro atoms. The summed E-state index contributed by atoms with van der Waals surface area (Å²) in [4.78, 5) is 4.61. The number of ether oxygens (including phenoxy) is 2. The topological polar surface area (TPSA) is 73.7 Å². The lowest BCUT2D eigenvalue weighted by molar-refractivity contribution is 0.171. The van der Waals surface area contributed by atoms with Crippen molar-refractivity contribution in [2.45, 2.75) is 37.6 Å². The molecule has 0 aliphatic carbocycles. The number of imidazole rings is 1. The zero-order valence-electron chi connectivity index (χ0n) is 15.0. The molecule has 0 saturated carbocycles. The first-order valence-corrected chi connectivity index (χ1v) is 10.3. The number of aryl methyl sites for hydroxylation is 2. The maximum Gasteiger partial charge on any atom is 0.243 e. The lowest BCUT2D eigenvalue weighted by Gasteiger charge is -2.33. The van der Waals surface area contributed by atoms with Gasteiger partial charge in [-0.2, -0.15) is 4.31 Å². The fraction of sp³-hybridized carbons (Fsp3) is 0.500. The molecular formula is C18H23N3O4S. The molecule has 0 atom stereocenters. The van der Waals surface area contributed by atoms with Crippen molar-refractivity contribution in [1.29, 1.82) is 0 Å². The molecule has 0 bridgehead atoms. The normalized spacial score (nSPS) is 18.8. The fourth-order valence-electron chi connectivity index (χ4n) is 3.79. The summed E-state index contributed by atoms with van der Waals surface area (Å²) >= 11 is 0. The van der Waals surface area contributed by atoms with Gasteiger partial charge >= 0.3 is 0 Å². The van der Waals surface area contributed by atoms with Crippen LogP contribution in [0.5, 0.6) is 11.5 Å². The minimum absolute atomic E-state index is 0.259. The van der Waals surface area contributed by atoms with Crippen LogP contribution in [-0.4, -0.2) is 48.6 Å². The van der Waals surface area contributed by atoms with Gasteiger partial charge in [-0.15, -0.1) is 0 Å². The Labute approximate surface area is 153 Å². The summed E-state index contributed by atoms with van der Waals surface area (Å²) in [6, 6.07) is 5.13. The van der Waals surface area contributed by atoms with Crippen molar-refractivity contribution in [1.82, 2.24) is 13.9 Å². The molecule has 2 aliphatic heterocycles. The van der Waals surface area contributed by atoms with Crippen LogP contribution in [0.15, 0.2) is 29.3 Å². The Bertz CT molecular complexity index is 895. The predicted molar refractivity (Wildman–Crippen MR) is 96.2 cm³/mol. The third-order valence-corrected chi connectivity index (χ3v) is 7.00. The fourth-order valence-corrected chi connectivity index (χ4v) is 5.28. The molecule has 0 unspecified atom stereocenters. The average molecular weight is 377 g/mol. The van der Waals surface area contributed by atoms with Crippen molar-refractivity contribution in [3.05, 3.63) is 35.9 Å². The number of nitrogens with zero attached hydrogens (tertiary/aromatic N) is 3. The number of benzene rings is 1. The Kier molecular flexibility index (Phi) is 4.40. The van der Waals surface area contributed by atoms with Gasteiger partial charge in [0.25, 0.3) is 0 Å². The predicted octanol–water partition coefficient (Wildman–Crippen LogP) is 2.30. The van der Waals surface area contributed by atoms with Crippen molar-refractivity contribution in [2.24, 2.45) is 0 Å². The highest BCUT2D eigenvalue weighted by Crippen LogP contribution is 2.34. The zero-order valence-corrected chi connectivity index (χ0v) is 15.8. The van der Waals surface area contributed by atoms with Gasteiger partial charge in [0.05, 0.1) is 4.90 Å². The molecule has 26 heavy (non-hydrogen) atoms. The van der Waals surface area contributed by atoms with Gasteiger partial charge in [-0.1, -0.05) is 0 Å². The standard InChI is InChI=1S/C18H23N3O4S/c1-13-12-19-14(2)21(13)15-5-7-20(8-6-15)26(22,23)16-3-4-17-18(11-16)25-10-9-24-17/h3-4,11-12,15H,5-10H2,1-2H3. The van der Waals surface area contributed by atoms with Crippen LogP contribution in [0.4, 0.5) is 0 Å². The summed E-state index contributed by atoms with van der Waals surface area (Å²) < 4.78 is 40.8. The Balaban J connectivity index is 1.51. The van der Waals surface area contributed by atoms with E-state index in [1.54, 1.807) is 22.5 Å². The van der Waals surface area contributed by atoms with Crippen LogP contribution < -0.4 is 9.47 Å². The molecule has 0 amide bonds. The molecule has 0 N–H and O–H groups in total. The van der Waals surface area contributed by atoms with Gasteiger partial charge < -0.3 is 14.0 Å². The first kappa shape index (κ1) is 17.4. The van der Waals surface area contributed by atoms with E-state index in [2.05, 4.69) is 9.55 Å². The van der Waals surface area contributed by atoms with Gasteiger partial charge in [0, 0.05) is 37.1 Å². The lowest BCUT2D eigenvalue weighted by atomic mass is 10.1. The minimum Gasteiger partial charge on any atom is -0.486 e. The third-order valence-electron chi connectivity index (χ3n) is 5.11. The van der Waals surface area contributed by atoms with Gasteiger partial charge in [-0.25, -0.2) is 13.4 Å². The largest absolute Gasteiger partial charge is 0.486 e. The number of rotatable bonds is 3. The average Bonchev–Trinajstić information content (AvgIpc) is 3.00. The summed E-state index contributed by atoms with van der Waals surface area (Å²) in [5.74, 6) is 2.08. The van der Waals surface area contributed by atoms with Crippen LogP contribution in [0.1, 0.15) is 30.4 Å². The van der Waals surface area contributed by atoms with E-state index < -0.39 is 10.0 Å². The van der Waals surface area contributed by atoms with E-state index >= 15 is 0 Å². The highest BCUT2D eigenvalue weighted by Gasteiger charge is 2.31. The van der Waals surface area contributed by atoms with Crippen LogP contribution >= 0.6 is 0 Å². The maximum atomic E-state index is 13.0. The summed E-state index contributed by atoms with van der Waals surface area (Å²) in [5.41, 5.74) is 1.12. The molecule has 2 aliphatic rings. The summed E-state index contributed by atoms with van der Waals surface area (Å²) in [5, 5.41) is 0. The van der Waals surface area contributed by atoms with E-state index in [0.29, 0.717) is 43.8 Å². The number of hydrogen-bond acceptors (Lipinski definition) is 5. The quantitative estimate of drug-likeness (QED) is 0.821. The molecule has 1 aromatic carbocycles. The van der Waals surface area contributed by atoms with Crippen LogP contribution in [0.2, 0.25) is 0 Å². The third kappa shape index (κ3) is 2.97. The SMILES string of the molecule is Cc1cnc(C)n1C1CCN(S(=O)(=O)c2ccc3c(c2)OCCO3)CC1. The van der Waals surface area contributed by atoms with Crippen molar-refractivity contribution < 1.29 is 17.9 Å². The summed E-state index contributed by atoms with van der Waals surface area (Å²) in [6.07, 6.45) is 3.43. The Morgan fingerprint density at radius 1 is 1.08 bits per heavy atom. The Morgan fingerprint density at radius 2 is 1.77 bits per heavy atom. The van der Waals surface area contributed by atoms with Gasteiger partial charge in [0.1, 0.15) is 19.0 Å². The molecule has 0 radical (unpaired) electrons. The monoisotopic (exact) mass is 377 g/mol. The van der Waals surface area contributed by atoms with Gasteiger partial charge in [0.2, 0.25) is 10.0 Å². The molecule has 3 heterocycles. The van der Waals surface area contributed by atoms with E-state index in [4.69, 9.17) is 9.47 Å². The maximum absolute atomic E-state index is 13.0. The molecule has 4 rings (SSSR count). The second-order valence-corrected chi connectivity index (χ2v) is 8.70. The Morgan fingerprint density at radius 3 is 2.42 bits per heavy atom. The van der Waals surface area contributed by atoms with E-state index in [9.17, 15) is 8.42 Å². The molecule has 8 heteroatoms. The van der Waals surface area contributed by atoms with E-state index in [1.165, 1.54) is 0 Å². The number of sulfonamides is 1. The summed E-state index contributed by atoms with van der Waals surface area (Å²) in [6.45, 7) is 5.95. The number of piperidine rings is 1. The van der Waals surface area contributed by atoms with E-state index in [1.807, 2.05) is 20.0 Å². The van der Waals surface area contributed by atoms with Crippen LogP contribution in [0.25, 0.3) is 0 Å². The minimum atomic E-state index is -3.54. The number of hydrogen-bond donors (Lipinski definition) is 0. The molecule has 140 valence electrons. The zero-order chi connectivity index (χ0) is 18.3. The van der Waals surface area contributed by atoms with Crippen LogP contribution in [0, 0.1) is 13.8 Å². The van der Waals surface area contributed by atoms with E-state index in [-0.39, 0.29) is 4.90 Å². The highest BCUT2D eigenvalue weighted by molar-refractivity contribution is 7.89. The number of aromatic nitrogens is 2. The second-order valence-electron chi connectivity index (χ2n) is 6.76. The molecule has 1 saturated heterocycles. The molecule has 1 aromatic heterocycles. The second kappa shape index (κ2) is 6.59. The molecule has 7 nitrogen and oxygen atoms in total. The van der Waals surface area contributed by atoms with Crippen molar-refractivity contribution in [3.63, 3.8) is 0 Å². The van der Waals surface area contributed by atoms with Gasteiger partial charge in [-0.3, -0.25) is 0 Å². The first-order chi connectivity index (χ1) is 12.5. The van der Waals surface area contributed by atoms with Crippen molar-refractivity contribution in [3.8, 4) is 11.5 Å². The summed E-state index contributed by atoms with van der Waals surface area (Å²) in [7, 11) is -3.54. The molecule has 1 fully saturated rings. The lowest BCUT2D eigenvalue weighted by Crippen LogP contribution is -2.39. The van der Waals surface area contributed by atoms with Crippen LogP contribution in [-0.2, 0) is 10.0 Å². The van der Waals surface area contributed by atoms with Crippen molar-refractivity contribution in [2.75, 3.05) is 26.3 Å². The smallest absolute Gasteiger partial charge is 0.243 e. The highest BCUT2D eigenvalue weighted by atomic mass is 32.2. The van der Waals surface area contributed by atoms with Gasteiger partial charge in [-0.05, 0) is 38.8 Å². The number of fused-ring (bicyclic) bond motifs is 1. The Hall–Kier alpha value is -2.06. The molecular weight excluding hydrogens is 354 g/mol. The first-order valence-electron chi connectivity index (χ1n) is 8.87. The van der Waals surface area contributed by atoms with E-state index in [0.717, 1.165) is 24.4 Å². The van der Waals surface area contributed by atoms with Crippen LogP contribution in [0.3, 0.4) is 0 Å². The van der Waals surface area contributed by atoms with Gasteiger partial charge in [0.15, 0.2) is 11.5 Å². The van der Waals surface area contributed by atoms with Crippen molar-refractivity contribution >= 4 is 10.0 Å². The molecule has 2 aromatic rings.